The fourth-order valence-corrected chi connectivity index (χ4v) is 1.39. The maximum Gasteiger partial charge on any atom is 0.257 e. The number of aliphatic hydroxyl groups excluding tert-OH is 1. The van der Waals surface area contributed by atoms with Crippen molar-refractivity contribution < 1.29 is 18.7 Å². The maximum atomic E-state index is 13.4. The van der Waals surface area contributed by atoms with Gasteiger partial charge in [0.2, 0.25) is 0 Å². The molecule has 3 nitrogen and oxygen atoms in total. The van der Waals surface area contributed by atoms with E-state index in [0.717, 1.165) is 6.07 Å². The van der Waals surface area contributed by atoms with Crippen molar-refractivity contribution in [2.75, 3.05) is 19.7 Å². The van der Waals surface area contributed by atoms with Gasteiger partial charge in [-0.15, -0.1) is 6.58 Å². The molecule has 0 aliphatic carbocycles. The van der Waals surface area contributed by atoms with E-state index >= 15 is 0 Å². The number of hydrogen-bond donors (Lipinski definition) is 1. The molecular formula is C12H13F2NO2. The molecule has 1 amide bonds. The van der Waals surface area contributed by atoms with E-state index < -0.39 is 17.5 Å². The lowest BCUT2D eigenvalue weighted by atomic mass is 10.1. The van der Waals surface area contributed by atoms with Crippen LogP contribution < -0.4 is 0 Å². The van der Waals surface area contributed by atoms with Crippen LogP contribution in [0.4, 0.5) is 8.78 Å². The first kappa shape index (κ1) is 13.3. The molecule has 0 saturated carbocycles. The lowest BCUT2D eigenvalue weighted by molar-refractivity contribution is 0.0737. The summed E-state index contributed by atoms with van der Waals surface area (Å²) in [4.78, 5) is 13.0. The van der Waals surface area contributed by atoms with Gasteiger partial charge in [0.05, 0.1) is 12.2 Å². The number of aliphatic hydroxyl groups is 1. The third kappa shape index (κ3) is 3.10. The van der Waals surface area contributed by atoms with Crippen LogP contribution in [0, 0.1) is 11.6 Å². The molecule has 92 valence electrons. The van der Waals surface area contributed by atoms with E-state index in [0.29, 0.717) is 0 Å². The van der Waals surface area contributed by atoms with Crippen LogP contribution >= 0.6 is 0 Å². The Kier molecular flexibility index (Phi) is 4.78. The van der Waals surface area contributed by atoms with Crippen LogP contribution in [0.25, 0.3) is 0 Å². The molecule has 0 aromatic heterocycles. The van der Waals surface area contributed by atoms with Crippen LogP contribution in [-0.2, 0) is 0 Å². The number of hydrogen-bond acceptors (Lipinski definition) is 2. The van der Waals surface area contributed by atoms with E-state index in [2.05, 4.69) is 6.58 Å². The van der Waals surface area contributed by atoms with E-state index in [-0.39, 0.29) is 25.3 Å². The largest absolute Gasteiger partial charge is 0.395 e. The van der Waals surface area contributed by atoms with E-state index in [9.17, 15) is 13.6 Å². The van der Waals surface area contributed by atoms with Crippen molar-refractivity contribution in [3.05, 3.63) is 48.1 Å². The molecule has 0 aliphatic heterocycles. The summed E-state index contributed by atoms with van der Waals surface area (Å²) in [5, 5.41) is 8.79. The predicted octanol–water partition coefficient (Wildman–Crippen LogP) is 1.59. The lowest BCUT2D eigenvalue weighted by Gasteiger charge is -2.20. The van der Waals surface area contributed by atoms with E-state index in [1.807, 2.05) is 0 Å². The molecule has 0 spiro atoms. The van der Waals surface area contributed by atoms with Crippen molar-refractivity contribution in [3.8, 4) is 0 Å². The van der Waals surface area contributed by atoms with Crippen LogP contribution in [0.1, 0.15) is 10.4 Å². The Bertz CT molecular complexity index is 421. The average Bonchev–Trinajstić information content (AvgIpc) is 2.31. The van der Waals surface area contributed by atoms with Gasteiger partial charge in [-0.05, 0) is 12.1 Å². The number of rotatable bonds is 5. The number of carbonyl (C=O) groups is 1. The molecule has 1 N–H and O–H groups in total. The number of halogens is 2. The Labute approximate surface area is 98.0 Å². The fraction of sp³-hybridized carbons (Fsp3) is 0.250. The molecular weight excluding hydrogens is 228 g/mol. The lowest BCUT2D eigenvalue weighted by Crippen LogP contribution is -2.34. The average molecular weight is 241 g/mol. The highest BCUT2D eigenvalue weighted by molar-refractivity contribution is 5.94. The molecule has 1 aromatic carbocycles. The highest BCUT2D eigenvalue weighted by Crippen LogP contribution is 2.13. The minimum Gasteiger partial charge on any atom is -0.395 e. The van der Waals surface area contributed by atoms with Gasteiger partial charge in [0.1, 0.15) is 0 Å². The van der Waals surface area contributed by atoms with Gasteiger partial charge in [0.25, 0.3) is 5.91 Å². The smallest absolute Gasteiger partial charge is 0.257 e. The highest BCUT2D eigenvalue weighted by atomic mass is 19.2. The number of benzene rings is 1. The molecule has 0 atom stereocenters. The second-order valence-corrected chi connectivity index (χ2v) is 3.36. The van der Waals surface area contributed by atoms with Crippen LogP contribution in [-0.4, -0.2) is 35.6 Å². The quantitative estimate of drug-likeness (QED) is 0.795. The number of amides is 1. The molecule has 1 rings (SSSR count). The molecule has 5 heteroatoms. The third-order valence-corrected chi connectivity index (χ3v) is 2.19. The molecule has 0 unspecified atom stereocenters. The van der Waals surface area contributed by atoms with Crippen molar-refractivity contribution in [2.45, 2.75) is 0 Å². The van der Waals surface area contributed by atoms with Crippen LogP contribution in [0.5, 0.6) is 0 Å². The van der Waals surface area contributed by atoms with Crippen LogP contribution in [0.15, 0.2) is 30.9 Å². The second kappa shape index (κ2) is 6.10. The van der Waals surface area contributed by atoms with Gasteiger partial charge in [0, 0.05) is 13.1 Å². The van der Waals surface area contributed by atoms with Crippen LogP contribution in [0.2, 0.25) is 0 Å². The molecule has 1 aromatic rings. The normalized spacial score (nSPS) is 10.1. The molecule has 0 aliphatic rings. The van der Waals surface area contributed by atoms with Gasteiger partial charge in [-0.1, -0.05) is 12.1 Å². The Balaban J connectivity index is 3.00. The van der Waals surface area contributed by atoms with Gasteiger partial charge >= 0.3 is 0 Å². The van der Waals surface area contributed by atoms with Gasteiger partial charge in [0.15, 0.2) is 11.6 Å². The first-order chi connectivity index (χ1) is 8.11. The number of carbonyl (C=O) groups excluding carboxylic acids is 1. The second-order valence-electron chi connectivity index (χ2n) is 3.36. The van der Waals surface area contributed by atoms with Crippen molar-refractivity contribution in [2.24, 2.45) is 0 Å². The predicted molar refractivity (Wildman–Crippen MR) is 59.5 cm³/mol. The third-order valence-electron chi connectivity index (χ3n) is 2.19. The molecule has 17 heavy (non-hydrogen) atoms. The first-order valence-corrected chi connectivity index (χ1v) is 5.06. The Morgan fingerprint density at radius 2 is 2.18 bits per heavy atom. The minimum absolute atomic E-state index is 0.0425. The van der Waals surface area contributed by atoms with Crippen molar-refractivity contribution in [1.82, 2.24) is 4.90 Å². The summed E-state index contributed by atoms with van der Waals surface area (Å²) in [7, 11) is 0. The highest BCUT2D eigenvalue weighted by Gasteiger charge is 2.19. The zero-order valence-corrected chi connectivity index (χ0v) is 9.20. The van der Waals surface area contributed by atoms with E-state index in [1.54, 1.807) is 0 Å². The fourth-order valence-electron chi connectivity index (χ4n) is 1.39. The zero-order chi connectivity index (χ0) is 12.8. The zero-order valence-electron chi connectivity index (χ0n) is 9.20. The summed E-state index contributed by atoms with van der Waals surface area (Å²) in [6, 6.07) is 3.40. The summed E-state index contributed by atoms with van der Waals surface area (Å²) >= 11 is 0. The van der Waals surface area contributed by atoms with Crippen molar-refractivity contribution in [3.63, 3.8) is 0 Å². The molecule has 0 heterocycles. The molecule has 0 radical (unpaired) electrons. The number of nitrogens with zero attached hydrogens (tertiary/aromatic N) is 1. The van der Waals surface area contributed by atoms with Gasteiger partial charge in [-0.2, -0.15) is 0 Å². The summed E-state index contributed by atoms with van der Waals surface area (Å²) < 4.78 is 26.3. The van der Waals surface area contributed by atoms with Gasteiger partial charge < -0.3 is 10.0 Å². The SMILES string of the molecule is C=CCN(CCO)C(=O)c1cccc(F)c1F. The monoisotopic (exact) mass is 241 g/mol. The van der Waals surface area contributed by atoms with Gasteiger partial charge in [-0.3, -0.25) is 4.79 Å². The van der Waals surface area contributed by atoms with Crippen molar-refractivity contribution in [1.29, 1.82) is 0 Å². The first-order valence-electron chi connectivity index (χ1n) is 5.06. The standard InChI is InChI=1S/C12H13F2NO2/c1-2-6-15(7-8-16)12(17)9-4-3-5-10(13)11(9)14/h2-5,16H,1,6-8H2. The molecule has 0 bridgehead atoms. The summed E-state index contributed by atoms with van der Waals surface area (Å²) in [5.41, 5.74) is -0.347. The molecule has 0 fully saturated rings. The van der Waals surface area contributed by atoms with Crippen molar-refractivity contribution >= 4 is 5.91 Å². The molecule has 0 saturated heterocycles. The minimum atomic E-state index is -1.18. The maximum absolute atomic E-state index is 13.4. The van der Waals surface area contributed by atoms with E-state index in [4.69, 9.17) is 5.11 Å². The Morgan fingerprint density at radius 1 is 1.47 bits per heavy atom. The topological polar surface area (TPSA) is 40.5 Å². The Morgan fingerprint density at radius 3 is 2.76 bits per heavy atom. The van der Waals surface area contributed by atoms with Gasteiger partial charge in [-0.25, -0.2) is 8.78 Å². The summed E-state index contributed by atoms with van der Waals surface area (Å²) in [6.45, 7) is 3.41. The Hall–Kier alpha value is -1.75. The van der Waals surface area contributed by atoms with Crippen LogP contribution in [0.3, 0.4) is 0 Å². The van der Waals surface area contributed by atoms with E-state index in [1.165, 1.54) is 23.1 Å². The summed E-state index contributed by atoms with van der Waals surface area (Å²) in [6.07, 6.45) is 1.45. The summed E-state index contributed by atoms with van der Waals surface area (Å²) in [5.74, 6) is -2.92.